The molecule has 0 aromatic rings. The number of hydrogen-bond acceptors (Lipinski definition) is 4. The molecule has 130 valence electrons. The zero-order valence-corrected chi connectivity index (χ0v) is 13.9. The van der Waals surface area contributed by atoms with E-state index in [1.807, 2.05) is 0 Å². The summed E-state index contributed by atoms with van der Waals surface area (Å²) >= 11 is 0. The molecule has 8 nitrogen and oxygen atoms in total. The summed E-state index contributed by atoms with van der Waals surface area (Å²) in [5.74, 6) is -0.107. The van der Waals surface area contributed by atoms with Gasteiger partial charge in [0, 0.05) is 25.7 Å². The molecular weight excluding hydrogens is 302 g/mol. The Labute approximate surface area is 135 Å². The smallest absolute Gasteiger partial charge is 0.408 e. The van der Waals surface area contributed by atoms with Crippen LogP contribution in [0.2, 0.25) is 0 Å². The van der Waals surface area contributed by atoms with Crippen LogP contribution in [0.4, 0.5) is 9.59 Å². The van der Waals surface area contributed by atoms with Crippen molar-refractivity contribution in [1.29, 1.82) is 0 Å². The van der Waals surface area contributed by atoms with Gasteiger partial charge in [-0.15, -0.1) is 0 Å². The monoisotopic (exact) mass is 327 g/mol. The number of carbonyl (C=O) groups is 3. The van der Waals surface area contributed by atoms with E-state index in [2.05, 4.69) is 5.32 Å². The van der Waals surface area contributed by atoms with E-state index >= 15 is 0 Å². The fraction of sp³-hybridized carbons (Fsp3) is 0.800. The van der Waals surface area contributed by atoms with E-state index in [0.717, 1.165) is 0 Å². The highest BCUT2D eigenvalue weighted by Gasteiger charge is 2.38. The standard InChI is InChI=1S/C15H25N3O5/c1-15(2,3)23-13(20)16-11-6-9-18(12(11)19)10-4-7-17(8-5-10)14(21)22/h10-11H,4-9H2,1-3H3,(H,16,20)(H,21,22). The lowest BCUT2D eigenvalue weighted by Crippen LogP contribution is -2.49. The fourth-order valence-corrected chi connectivity index (χ4v) is 3.02. The maximum Gasteiger partial charge on any atom is 0.408 e. The number of carboxylic acid groups (broad SMARTS) is 1. The Bertz CT molecular complexity index is 480. The van der Waals surface area contributed by atoms with Gasteiger partial charge in [0.1, 0.15) is 11.6 Å². The predicted octanol–water partition coefficient (Wildman–Crippen LogP) is 1.25. The highest BCUT2D eigenvalue weighted by atomic mass is 16.6. The van der Waals surface area contributed by atoms with E-state index in [0.29, 0.717) is 38.9 Å². The van der Waals surface area contributed by atoms with Crippen LogP contribution in [0.5, 0.6) is 0 Å². The van der Waals surface area contributed by atoms with Crippen molar-refractivity contribution in [3.63, 3.8) is 0 Å². The lowest BCUT2D eigenvalue weighted by molar-refractivity contribution is -0.132. The number of ether oxygens (including phenoxy) is 1. The number of likely N-dealkylation sites (tertiary alicyclic amines) is 2. The summed E-state index contributed by atoms with van der Waals surface area (Å²) in [6, 6.07) is -0.508. The summed E-state index contributed by atoms with van der Waals surface area (Å²) in [5, 5.41) is 11.6. The number of nitrogens with one attached hydrogen (secondary N) is 1. The van der Waals surface area contributed by atoms with Crippen LogP contribution in [0, 0.1) is 0 Å². The topological polar surface area (TPSA) is 99.2 Å². The van der Waals surface area contributed by atoms with E-state index < -0.39 is 23.8 Å². The molecule has 2 heterocycles. The van der Waals surface area contributed by atoms with Gasteiger partial charge in [-0.25, -0.2) is 9.59 Å². The first kappa shape index (κ1) is 17.4. The van der Waals surface area contributed by atoms with E-state index in [-0.39, 0.29) is 11.9 Å². The second-order valence-corrected chi connectivity index (χ2v) is 7.02. The molecule has 23 heavy (non-hydrogen) atoms. The van der Waals surface area contributed by atoms with Crippen molar-refractivity contribution in [3.8, 4) is 0 Å². The summed E-state index contributed by atoms with van der Waals surface area (Å²) in [4.78, 5) is 38.3. The van der Waals surface area contributed by atoms with E-state index in [9.17, 15) is 14.4 Å². The number of nitrogens with zero attached hydrogens (tertiary/aromatic N) is 2. The number of amides is 3. The fourth-order valence-electron chi connectivity index (χ4n) is 3.02. The third-order valence-electron chi connectivity index (χ3n) is 4.11. The molecule has 2 saturated heterocycles. The van der Waals surface area contributed by atoms with Gasteiger partial charge in [0.2, 0.25) is 5.91 Å². The molecule has 1 atom stereocenters. The summed E-state index contributed by atoms with van der Waals surface area (Å²) in [7, 11) is 0. The highest BCUT2D eigenvalue weighted by Crippen LogP contribution is 2.23. The van der Waals surface area contributed by atoms with Gasteiger partial charge >= 0.3 is 12.2 Å². The van der Waals surface area contributed by atoms with Gasteiger partial charge in [-0.2, -0.15) is 0 Å². The van der Waals surface area contributed by atoms with Gasteiger partial charge in [0.05, 0.1) is 0 Å². The molecule has 2 N–H and O–H groups in total. The van der Waals surface area contributed by atoms with Crippen LogP contribution in [0.1, 0.15) is 40.0 Å². The summed E-state index contributed by atoms with van der Waals surface area (Å²) in [5.41, 5.74) is -0.602. The second-order valence-electron chi connectivity index (χ2n) is 7.02. The molecule has 0 spiro atoms. The average molecular weight is 327 g/mol. The van der Waals surface area contributed by atoms with Crippen molar-refractivity contribution in [2.45, 2.75) is 57.7 Å². The highest BCUT2D eigenvalue weighted by molar-refractivity contribution is 5.87. The Balaban J connectivity index is 1.85. The molecule has 0 aliphatic carbocycles. The van der Waals surface area contributed by atoms with Crippen LogP contribution in [-0.2, 0) is 9.53 Å². The second kappa shape index (κ2) is 6.64. The van der Waals surface area contributed by atoms with Crippen molar-refractivity contribution in [2.75, 3.05) is 19.6 Å². The molecular formula is C15H25N3O5. The van der Waals surface area contributed by atoms with Crippen molar-refractivity contribution in [3.05, 3.63) is 0 Å². The van der Waals surface area contributed by atoms with Crippen molar-refractivity contribution < 1.29 is 24.2 Å². The molecule has 0 saturated carbocycles. The largest absolute Gasteiger partial charge is 0.465 e. The van der Waals surface area contributed by atoms with Crippen molar-refractivity contribution >= 4 is 18.1 Å². The van der Waals surface area contributed by atoms with E-state index in [1.54, 1.807) is 25.7 Å². The molecule has 0 aromatic heterocycles. The van der Waals surface area contributed by atoms with Gasteiger partial charge in [0.25, 0.3) is 0 Å². The molecule has 2 aliphatic heterocycles. The zero-order chi connectivity index (χ0) is 17.2. The Hall–Kier alpha value is -1.99. The van der Waals surface area contributed by atoms with Crippen LogP contribution in [-0.4, -0.2) is 70.3 Å². The maximum absolute atomic E-state index is 12.4. The Morgan fingerprint density at radius 3 is 2.30 bits per heavy atom. The van der Waals surface area contributed by atoms with Crippen LogP contribution < -0.4 is 5.32 Å². The lowest BCUT2D eigenvalue weighted by Gasteiger charge is -2.35. The summed E-state index contributed by atoms with van der Waals surface area (Å²) < 4.78 is 5.18. The van der Waals surface area contributed by atoms with Crippen molar-refractivity contribution in [1.82, 2.24) is 15.1 Å². The minimum absolute atomic E-state index is 0.0449. The third kappa shape index (κ3) is 4.49. The normalized spacial score (nSPS) is 23.1. The first-order valence-corrected chi connectivity index (χ1v) is 7.95. The quantitative estimate of drug-likeness (QED) is 0.795. The molecule has 0 aromatic carbocycles. The Kier molecular flexibility index (Phi) is 5.01. The van der Waals surface area contributed by atoms with Crippen LogP contribution in [0.25, 0.3) is 0 Å². The lowest BCUT2D eigenvalue weighted by atomic mass is 10.0. The first-order valence-electron chi connectivity index (χ1n) is 7.95. The Morgan fingerprint density at radius 1 is 1.17 bits per heavy atom. The molecule has 2 aliphatic rings. The van der Waals surface area contributed by atoms with Crippen LogP contribution >= 0.6 is 0 Å². The number of piperidine rings is 1. The molecule has 3 amide bonds. The molecule has 2 rings (SSSR count). The van der Waals surface area contributed by atoms with Gasteiger partial charge in [-0.05, 0) is 40.0 Å². The zero-order valence-electron chi connectivity index (χ0n) is 13.9. The molecule has 0 bridgehead atoms. The molecule has 2 fully saturated rings. The number of rotatable bonds is 2. The predicted molar refractivity (Wildman–Crippen MR) is 82.1 cm³/mol. The number of alkyl carbamates (subject to hydrolysis) is 1. The summed E-state index contributed by atoms with van der Waals surface area (Å²) in [6.07, 6.45) is 0.324. The van der Waals surface area contributed by atoms with E-state index in [1.165, 1.54) is 4.90 Å². The summed E-state index contributed by atoms with van der Waals surface area (Å²) in [6.45, 7) is 6.77. The van der Waals surface area contributed by atoms with Crippen molar-refractivity contribution in [2.24, 2.45) is 0 Å². The van der Waals surface area contributed by atoms with Crippen LogP contribution in [0.15, 0.2) is 0 Å². The average Bonchev–Trinajstić information content (AvgIpc) is 2.78. The number of carbonyl (C=O) groups excluding carboxylic acids is 2. The molecule has 0 radical (unpaired) electrons. The van der Waals surface area contributed by atoms with Gasteiger partial charge < -0.3 is 25.0 Å². The first-order chi connectivity index (χ1) is 10.7. The van der Waals surface area contributed by atoms with Gasteiger partial charge in [0.15, 0.2) is 0 Å². The maximum atomic E-state index is 12.4. The minimum Gasteiger partial charge on any atom is -0.465 e. The van der Waals surface area contributed by atoms with Crippen LogP contribution in [0.3, 0.4) is 0 Å². The Morgan fingerprint density at radius 2 is 1.78 bits per heavy atom. The minimum atomic E-state index is -0.916. The SMILES string of the molecule is CC(C)(C)OC(=O)NC1CCN(C2CCN(C(=O)O)CC2)C1=O. The van der Waals surface area contributed by atoms with Gasteiger partial charge in [-0.3, -0.25) is 4.79 Å². The third-order valence-corrected chi connectivity index (χ3v) is 4.11. The molecule has 8 heteroatoms. The molecule has 1 unspecified atom stereocenters. The van der Waals surface area contributed by atoms with E-state index in [4.69, 9.17) is 9.84 Å². The van der Waals surface area contributed by atoms with Gasteiger partial charge in [-0.1, -0.05) is 0 Å². The number of hydrogen-bond donors (Lipinski definition) is 2.